The Hall–Kier alpha value is -3.16. The predicted molar refractivity (Wildman–Crippen MR) is 103 cm³/mol. The second kappa shape index (κ2) is 7.69. The Morgan fingerprint density at radius 2 is 2.28 bits per heavy atom. The van der Waals surface area contributed by atoms with Gasteiger partial charge in [0.25, 0.3) is 5.91 Å². The maximum absolute atomic E-state index is 13.5. The van der Waals surface area contributed by atoms with Gasteiger partial charge < -0.3 is 14.6 Å². The summed E-state index contributed by atoms with van der Waals surface area (Å²) in [5, 5.41) is 11.5. The van der Waals surface area contributed by atoms with Crippen LogP contribution >= 0.6 is 0 Å². The number of hydrogen-bond donors (Lipinski definition) is 2. The number of benzene rings is 1. The Labute approximate surface area is 167 Å². The highest BCUT2D eigenvalue weighted by Gasteiger charge is 2.35. The number of amides is 1. The van der Waals surface area contributed by atoms with Crippen molar-refractivity contribution in [3.63, 3.8) is 0 Å². The van der Waals surface area contributed by atoms with Crippen molar-refractivity contribution in [2.45, 2.75) is 17.9 Å². The van der Waals surface area contributed by atoms with Crippen LogP contribution in [0.1, 0.15) is 23.0 Å². The number of fused-ring (bicyclic) bond motifs is 1. The molecule has 1 aromatic carbocycles. The van der Waals surface area contributed by atoms with E-state index in [-0.39, 0.29) is 40.1 Å². The van der Waals surface area contributed by atoms with E-state index in [9.17, 15) is 17.6 Å². The normalized spacial score (nSPS) is 18.5. The molecule has 0 aliphatic carbocycles. The molecule has 0 saturated carbocycles. The SMILES string of the molecule is C=CC(C)C1COc2c(cn(C)c2C(=O)Nc2ccc(F)c(C#N)c2)S(=O)(=O)N1. The molecule has 8 nitrogen and oxygen atoms in total. The highest BCUT2D eigenvalue weighted by molar-refractivity contribution is 7.89. The molecule has 2 unspecified atom stereocenters. The quantitative estimate of drug-likeness (QED) is 0.739. The smallest absolute Gasteiger partial charge is 0.276 e. The molecule has 1 amide bonds. The van der Waals surface area contributed by atoms with Gasteiger partial charge in [0.1, 0.15) is 23.4 Å². The molecular formula is C19H19FN4O4S. The lowest BCUT2D eigenvalue weighted by atomic mass is 10.0. The minimum absolute atomic E-state index is 0.0127. The number of halogens is 1. The van der Waals surface area contributed by atoms with Crippen LogP contribution in [0.3, 0.4) is 0 Å². The van der Waals surface area contributed by atoms with Gasteiger partial charge in [0.2, 0.25) is 10.0 Å². The summed E-state index contributed by atoms with van der Waals surface area (Å²) in [5.74, 6) is -1.63. The fraction of sp³-hybridized carbons (Fsp3) is 0.263. The van der Waals surface area contributed by atoms with Gasteiger partial charge in [-0.05, 0) is 24.1 Å². The number of hydrogen-bond acceptors (Lipinski definition) is 5. The number of carbonyl (C=O) groups excluding carboxylic acids is 1. The molecule has 10 heteroatoms. The van der Waals surface area contributed by atoms with Crippen molar-refractivity contribution < 1.29 is 22.3 Å². The van der Waals surface area contributed by atoms with Gasteiger partial charge in [-0.25, -0.2) is 17.5 Å². The van der Waals surface area contributed by atoms with E-state index in [1.807, 2.05) is 0 Å². The van der Waals surface area contributed by atoms with Gasteiger partial charge in [0.05, 0.1) is 11.6 Å². The van der Waals surface area contributed by atoms with Gasteiger partial charge >= 0.3 is 0 Å². The summed E-state index contributed by atoms with van der Waals surface area (Å²) in [7, 11) is -2.41. The lowest BCUT2D eigenvalue weighted by Crippen LogP contribution is -2.41. The third kappa shape index (κ3) is 3.87. The molecule has 29 heavy (non-hydrogen) atoms. The Morgan fingerprint density at radius 3 is 2.93 bits per heavy atom. The van der Waals surface area contributed by atoms with Gasteiger partial charge in [-0.15, -0.1) is 6.58 Å². The average Bonchev–Trinajstić information content (AvgIpc) is 2.96. The summed E-state index contributed by atoms with van der Waals surface area (Å²) < 4.78 is 48.6. The number of anilines is 1. The molecular weight excluding hydrogens is 399 g/mol. The van der Waals surface area contributed by atoms with Crippen LogP contribution in [0.15, 0.2) is 41.9 Å². The molecule has 1 aliphatic heterocycles. The van der Waals surface area contributed by atoms with E-state index in [1.165, 1.54) is 29.9 Å². The van der Waals surface area contributed by atoms with Crippen LogP contribution in [0.2, 0.25) is 0 Å². The largest absolute Gasteiger partial charge is 0.488 e. The van der Waals surface area contributed by atoms with Crippen LogP contribution in [-0.4, -0.2) is 31.5 Å². The van der Waals surface area contributed by atoms with Crippen molar-refractivity contribution in [3.05, 3.63) is 54.1 Å². The van der Waals surface area contributed by atoms with Gasteiger partial charge in [0.15, 0.2) is 11.4 Å². The fourth-order valence-corrected chi connectivity index (χ4v) is 4.45. The Morgan fingerprint density at radius 1 is 1.55 bits per heavy atom. The van der Waals surface area contributed by atoms with E-state index < -0.39 is 27.8 Å². The number of ether oxygens (including phenoxy) is 1. The lowest BCUT2D eigenvalue weighted by Gasteiger charge is -2.19. The zero-order chi connectivity index (χ0) is 21.3. The van der Waals surface area contributed by atoms with Crippen molar-refractivity contribution in [2.75, 3.05) is 11.9 Å². The summed E-state index contributed by atoms with van der Waals surface area (Å²) in [4.78, 5) is 12.7. The number of carbonyl (C=O) groups is 1. The first-order chi connectivity index (χ1) is 13.7. The summed E-state index contributed by atoms with van der Waals surface area (Å²) in [5.41, 5.74) is -0.0476. The van der Waals surface area contributed by atoms with Gasteiger partial charge in [-0.2, -0.15) is 5.26 Å². The first-order valence-electron chi connectivity index (χ1n) is 8.66. The molecule has 1 aromatic heterocycles. The molecule has 0 fully saturated rings. The first kappa shape index (κ1) is 20.6. The molecule has 2 atom stereocenters. The summed E-state index contributed by atoms with van der Waals surface area (Å²) in [6, 6.07) is 4.71. The van der Waals surface area contributed by atoms with E-state index in [0.29, 0.717) is 0 Å². The van der Waals surface area contributed by atoms with Crippen LogP contribution < -0.4 is 14.8 Å². The molecule has 2 N–H and O–H groups in total. The first-order valence-corrected chi connectivity index (χ1v) is 10.1. The van der Waals surface area contributed by atoms with E-state index in [1.54, 1.807) is 19.1 Å². The molecule has 2 aromatic rings. The van der Waals surface area contributed by atoms with Crippen molar-refractivity contribution in [2.24, 2.45) is 13.0 Å². The van der Waals surface area contributed by atoms with Gasteiger partial charge in [0, 0.05) is 18.9 Å². The molecule has 152 valence electrons. The van der Waals surface area contributed by atoms with Gasteiger partial charge in [-0.3, -0.25) is 4.79 Å². The Bertz CT molecular complexity index is 1130. The van der Waals surface area contributed by atoms with Crippen LogP contribution in [0, 0.1) is 23.1 Å². The third-order valence-corrected chi connectivity index (χ3v) is 6.15. The van der Waals surface area contributed by atoms with E-state index in [0.717, 1.165) is 6.07 Å². The monoisotopic (exact) mass is 418 g/mol. The van der Waals surface area contributed by atoms with Crippen molar-refractivity contribution in [3.8, 4) is 11.8 Å². The number of nitrogens with zero attached hydrogens (tertiary/aromatic N) is 2. The maximum atomic E-state index is 13.5. The number of sulfonamides is 1. The molecule has 0 bridgehead atoms. The standard InChI is InChI=1S/C19H19FN4O4S/c1-4-11(2)15-10-28-18-16(29(26,27)23-15)9-24(3)17(18)19(25)22-13-5-6-14(20)12(7-13)8-21/h4-7,9,11,15,23H,1,10H2,2-3H3,(H,22,25). The predicted octanol–water partition coefficient (Wildman–Crippen LogP) is 2.15. The number of rotatable bonds is 4. The highest BCUT2D eigenvalue weighted by Crippen LogP contribution is 2.33. The number of nitrogens with one attached hydrogen (secondary N) is 2. The number of nitriles is 1. The summed E-state index contributed by atoms with van der Waals surface area (Å²) in [6.07, 6.45) is 2.90. The molecule has 3 rings (SSSR count). The van der Waals surface area contributed by atoms with Crippen molar-refractivity contribution in [1.82, 2.24) is 9.29 Å². The summed E-state index contributed by atoms with van der Waals surface area (Å²) in [6.45, 7) is 5.48. The van der Waals surface area contributed by atoms with Crippen molar-refractivity contribution in [1.29, 1.82) is 5.26 Å². The molecule has 0 spiro atoms. The minimum atomic E-state index is -3.92. The van der Waals surface area contributed by atoms with E-state index >= 15 is 0 Å². The van der Waals surface area contributed by atoms with Crippen LogP contribution in [0.5, 0.6) is 5.75 Å². The topological polar surface area (TPSA) is 113 Å². The minimum Gasteiger partial charge on any atom is -0.488 e. The Kier molecular flexibility index (Phi) is 5.46. The zero-order valence-electron chi connectivity index (χ0n) is 15.8. The second-order valence-electron chi connectivity index (χ2n) is 6.68. The fourth-order valence-electron chi connectivity index (χ4n) is 2.94. The lowest BCUT2D eigenvalue weighted by molar-refractivity contribution is 0.101. The molecule has 0 saturated heterocycles. The Balaban J connectivity index is 1.97. The third-order valence-electron chi connectivity index (χ3n) is 4.67. The molecule has 1 aliphatic rings. The molecule has 2 heterocycles. The van der Waals surface area contributed by atoms with Crippen LogP contribution in [0.4, 0.5) is 10.1 Å². The average molecular weight is 418 g/mol. The zero-order valence-corrected chi connectivity index (χ0v) is 16.6. The van der Waals surface area contributed by atoms with Crippen LogP contribution in [0.25, 0.3) is 0 Å². The van der Waals surface area contributed by atoms with E-state index in [4.69, 9.17) is 10.00 Å². The van der Waals surface area contributed by atoms with Crippen LogP contribution in [-0.2, 0) is 17.1 Å². The second-order valence-corrected chi connectivity index (χ2v) is 8.36. The van der Waals surface area contributed by atoms with Crippen molar-refractivity contribution >= 4 is 21.6 Å². The maximum Gasteiger partial charge on any atom is 0.276 e. The highest BCUT2D eigenvalue weighted by atomic mass is 32.2. The molecule has 0 radical (unpaired) electrons. The summed E-state index contributed by atoms with van der Waals surface area (Å²) >= 11 is 0. The van der Waals surface area contributed by atoms with E-state index in [2.05, 4.69) is 16.6 Å². The number of aryl methyl sites for hydroxylation is 1. The van der Waals surface area contributed by atoms with Gasteiger partial charge in [-0.1, -0.05) is 13.0 Å². The number of aromatic nitrogens is 1.